The van der Waals surface area contributed by atoms with Gasteiger partial charge in [0.15, 0.2) is 0 Å². The lowest BCUT2D eigenvalue weighted by molar-refractivity contribution is 1.43. The lowest BCUT2D eigenvalue weighted by atomic mass is 10.0. The molecule has 0 amide bonds. The van der Waals surface area contributed by atoms with Gasteiger partial charge in [-0.3, -0.25) is 4.98 Å². The van der Waals surface area contributed by atoms with E-state index < -0.39 is 0 Å². The van der Waals surface area contributed by atoms with Crippen LogP contribution in [0.1, 0.15) is 5.56 Å². The van der Waals surface area contributed by atoms with Gasteiger partial charge in [-0.25, -0.2) is 0 Å². The van der Waals surface area contributed by atoms with Crippen molar-refractivity contribution in [3.05, 3.63) is 66.4 Å². The zero-order valence-corrected chi connectivity index (χ0v) is 12.9. The molecule has 3 aromatic carbocycles. The van der Waals surface area contributed by atoms with Gasteiger partial charge in [0, 0.05) is 27.1 Å². The van der Waals surface area contributed by atoms with E-state index in [4.69, 9.17) is 0 Å². The molecule has 0 aliphatic heterocycles. The molecule has 0 bridgehead atoms. The molecule has 0 N–H and O–H groups in total. The number of pyridine rings is 1. The highest BCUT2D eigenvalue weighted by Crippen LogP contribution is 2.41. The Balaban J connectivity index is 2.12. The fourth-order valence-corrected chi connectivity index (χ4v) is 4.62. The van der Waals surface area contributed by atoms with E-state index in [9.17, 15) is 0 Å². The zero-order chi connectivity index (χ0) is 14.7. The van der Waals surface area contributed by atoms with Crippen LogP contribution in [0.3, 0.4) is 0 Å². The molecule has 2 aromatic heterocycles. The molecule has 0 fully saturated rings. The fourth-order valence-electron chi connectivity index (χ4n) is 3.41. The molecule has 22 heavy (non-hydrogen) atoms. The maximum atomic E-state index is 4.66. The molecule has 0 spiro atoms. The number of aryl methyl sites for hydroxylation is 1. The number of hydrogen-bond acceptors (Lipinski definition) is 2. The van der Waals surface area contributed by atoms with E-state index >= 15 is 0 Å². The molecule has 2 heteroatoms. The van der Waals surface area contributed by atoms with Gasteiger partial charge in [-0.2, -0.15) is 0 Å². The first-order valence-corrected chi connectivity index (χ1v) is 8.23. The van der Waals surface area contributed by atoms with Gasteiger partial charge in [-0.05, 0) is 29.3 Å². The summed E-state index contributed by atoms with van der Waals surface area (Å²) in [4.78, 5) is 4.66. The molecule has 1 nitrogen and oxygen atoms in total. The van der Waals surface area contributed by atoms with Crippen molar-refractivity contribution in [3.8, 4) is 0 Å². The normalized spacial score (nSPS) is 11.9. The second kappa shape index (κ2) is 4.28. The van der Waals surface area contributed by atoms with Gasteiger partial charge in [0.25, 0.3) is 0 Å². The van der Waals surface area contributed by atoms with Crippen LogP contribution in [0.5, 0.6) is 0 Å². The predicted octanol–water partition coefficient (Wildman–Crippen LogP) is 6.06. The van der Waals surface area contributed by atoms with E-state index in [2.05, 4.69) is 66.5 Å². The Kier molecular flexibility index (Phi) is 2.36. The lowest BCUT2D eigenvalue weighted by Gasteiger charge is -2.04. The molecule has 0 aliphatic carbocycles. The van der Waals surface area contributed by atoms with Gasteiger partial charge in [-0.1, -0.05) is 48.5 Å². The quantitative estimate of drug-likeness (QED) is 0.338. The van der Waals surface area contributed by atoms with Gasteiger partial charge < -0.3 is 0 Å². The van der Waals surface area contributed by atoms with Crippen LogP contribution in [0.2, 0.25) is 0 Å². The van der Waals surface area contributed by atoms with Gasteiger partial charge >= 0.3 is 0 Å². The Morgan fingerprint density at radius 1 is 0.818 bits per heavy atom. The average Bonchev–Trinajstić information content (AvgIpc) is 2.94. The Morgan fingerprint density at radius 3 is 2.68 bits per heavy atom. The van der Waals surface area contributed by atoms with E-state index in [1.165, 1.54) is 41.9 Å². The molecule has 0 aliphatic rings. The number of rotatable bonds is 0. The van der Waals surface area contributed by atoms with Crippen molar-refractivity contribution in [2.75, 3.05) is 0 Å². The number of benzene rings is 3. The summed E-state index contributed by atoms with van der Waals surface area (Å²) in [6, 6.07) is 19.5. The van der Waals surface area contributed by atoms with Gasteiger partial charge in [0.2, 0.25) is 0 Å². The highest BCUT2D eigenvalue weighted by Gasteiger charge is 2.12. The Labute approximate surface area is 131 Å². The molecular weight excluding hydrogens is 286 g/mol. The van der Waals surface area contributed by atoms with Crippen LogP contribution in [0, 0.1) is 6.92 Å². The molecule has 104 valence electrons. The maximum absolute atomic E-state index is 4.66. The molecule has 5 rings (SSSR count). The minimum absolute atomic E-state index is 1.08. The van der Waals surface area contributed by atoms with Gasteiger partial charge in [0.05, 0.1) is 10.2 Å². The highest BCUT2D eigenvalue weighted by atomic mass is 32.1. The highest BCUT2D eigenvalue weighted by molar-refractivity contribution is 7.26. The monoisotopic (exact) mass is 299 g/mol. The summed E-state index contributed by atoms with van der Waals surface area (Å²) >= 11 is 1.85. The summed E-state index contributed by atoms with van der Waals surface area (Å²) in [6.07, 6.45) is 2.02. The standard InChI is InChI=1S/C20H13NS/c1-12-5-4-8-16-18(12)19-15-10-9-13-6-2-3-7-14(13)20(15)22-17(19)11-21-16/h2-11H,1H3. The van der Waals surface area contributed by atoms with Gasteiger partial charge in [-0.15, -0.1) is 11.3 Å². The Morgan fingerprint density at radius 2 is 1.73 bits per heavy atom. The van der Waals surface area contributed by atoms with Crippen LogP contribution in [0.4, 0.5) is 0 Å². The Hall–Kier alpha value is -2.45. The number of fused-ring (bicyclic) bond motifs is 7. The molecule has 5 aromatic rings. The third-order valence-electron chi connectivity index (χ3n) is 4.43. The van der Waals surface area contributed by atoms with Crippen molar-refractivity contribution < 1.29 is 0 Å². The van der Waals surface area contributed by atoms with Crippen LogP contribution in [0.15, 0.2) is 60.8 Å². The third kappa shape index (κ3) is 1.50. The fraction of sp³-hybridized carbons (Fsp3) is 0.0500. The largest absolute Gasteiger partial charge is 0.255 e. The summed E-state index contributed by atoms with van der Waals surface area (Å²) in [5, 5.41) is 6.63. The molecule has 0 atom stereocenters. The van der Waals surface area contributed by atoms with Crippen LogP contribution in [0.25, 0.3) is 41.8 Å². The van der Waals surface area contributed by atoms with E-state index in [0.717, 1.165) is 5.52 Å². The van der Waals surface area contributed by atoms with Crippen molar-refractivity contribution in [1.29, 1.82) is 0 Å². The number of hydrogen-bond donors (Lipinski definition) is 0. The first kappa shape index (κ1) is 12.1. The SMILES string of the molecule is Cc1cccc2ncc3sc4c5ccccc5ccc4c3c12. The van der Waals surface area contributed by atoms with Crippen molar-refractivity contribution >= 4 is 53.2 Å². The predicted molar refractivity (Wildman–Crippen MR) is 96.9 cm³/mol. The summed E-state index contributed by atoms with van der Waals surface area (Å²) in [5.74, 6) is 0. The van der Waals surface area contributed by atoms with E-state index in [1.807, 2.05) is 17.5 Å². The second-order valence-corrected chi connectivity index (χ2v) is 6.78. The van der Waals surface area contributed by atoms with Crippen LogP contribution in [-0.2, 0) is 0 Å². The molecule has 0 radical (unpaired) electrons. The smallest absolute Gasteiger partial charge is 0.0711 e. The molecule has 0 saturated heterocycles. The molecule has 2 heterocycles. The molecule has 0 unspecified atom stereocenters. The summed E-state index contributed by atoms with van der Waals surface area (Å²) < 4.78 is 2.64. The molecule has 0 saturated carbocycles. The topological polar surface area (TPSA) is 12.9 Å². The van der Waals surface area contributed by atoms with Crippen molar-refractivity contribution in [1.82, 2.24) is 4.98 Å². The van der Waals surface area contributed by atoms with Crippen molar-refractivity contribution in [2.24, 2.45) is 0 Å². The maximum Gasteiger partial charge on any atom is 0.0711 e. The first-order chi connectivity index (χ1) is 10.8. The number of nitrogens with zero attached hydrogens (tertiary/aromatic N) is 1. The zero-order valence-electron chi connectivity index (χ0n) is 12.1. The summed E-state index contributed by atoms with van der Waals surface area (Å²) in [7, 11) is 0. The van der Waals surface area contributed by atoms with Crippen LogP contribution in [-0.4, -0.2) is 4.98 Å². The molecular formula is C20H13NS. The van der Waals surface area contributed by atoms with Gasteiger partial charge in [0.1, 0.15) is 0 Å². The Bertz CT molecular complexity index is 1180. The summed E-state index contributed by atoms with van der Waals surface area (Å²) in [5.41, 5.74) is 2.38. The van der Waals surface area contributed by atoms with Crippen LogP contribution < -0.4 is 0 Å². The summed E-state index contributed by atoms with van der Waals surface area (Å²) in [6.45, 7) is 2.17. The second-order valence-electron chi connectivity index (χ2n) is 5.73. The minimum atomic E-state index is 1.08. The van der Waals surface area contributed by atoms with Crippen molar-refractivity contribution in [3.63, 3.8) is 0 Å². The lowest BCUT2D eigenvalue weighted by Crippen LogP contribution is -1.82. The average molecular weight is 299 g/mol. The van der Waals surface area contributed by atoms with Crippen molar-refractivity contribution in [2.45, 2.75) is 6.92 Å². The number of thiophene rings is 1. The third-order valence-corrected chi connectivity index (χ3v) is 5.60. The van der Waals surface area contributed by atoms with E-state index in [-0.39, 0.29) is 0 Å². The minimum Gasteiger partial charge on any atom is -0.255 e. The van der Waals surface area contributed by atoms with Crippen LogP contribution >= 0.6 is 11.3 Å². The number of aromatic nitrogens is 1. The van der Waals surface area contributed by atoms with E-state index in [0.29, 0.717) is 0 Å². The first-order valence-electron chi connectivity index (χ1n) is 7.41. The van der Waals surface area contributed by atoms with E-state index in [1.54, 1.807) is 0 Å².